The van der Waals surface area contributed by atoms with Crippen molar-refractivity contribution < 1.29 is 9.85 Å². The molecular formula is C7H8N4O4. The summed E-state index contributed by atoms with van der Waals surface area (Å²) in [6.45, 7) is 1.46. The van der Waals surface area contributed by atoms with Crippen LogP contribution in [-0.4, -0.2) is 21.9 Å². The molecule has 15 heavy (non-hydrogen) atoms. The van der Waals surface area contributed by atoms with Crippen molar-refractivity contribution in [1.82, 2.24) is 0 Å². The zero-order valence-electron chi connectivity index (χ0n) is 7.86. The smallest absolute Gasteiger partial charge is 0.263 e. The Labute approximate surface area is 85.0 Å². The van der Waals surface area contributed by atoms with Gasteiger partial charge in [-0.15, -0.1) is 0 Å². The molecule has 8 heteroatoms. The van der Waals surface area contributed by atoms with E-state index in [-0.39, 0.29) is 6.42 Å². The highest BCUT2D eigenvalue weighted by Gasteiger charge is 2.43. The van der Waals surface area contributed by atoms with Crippen molar-refractivity contribution in [3.8, 4) is 12.1 Å². The first-order valence-corrected chi connectivity index (χ1v) is 4.05. The van der Waals surface area contributed by atoms with Crippen LogP contribution in [0.5, 0.6) is 0 Å². The average molecular weight is 212 g/mol. The van der Waals surface area contributed by atoms with Gasteiger partial charge in [-0.05, 0) is 6.42 Å². The Bertz CT molecular complexity index is 310. The molecule has 8 nitrogen and oxygen atoms in total. The standard InChI is InChI=1S/C7H8N4O4/c1-2-5(6(3-8)10(12)13)7(4-9)11(14)15/h5-7H,2H2,1H3/t5?,6-,7+. The van der Waals surface area contributed by atoms with Gasteiger partial charge in [0.15, 0.2) is 0 Å². The molecule has 0 radical (unpaired) electrons. The topological polar surface area (TPSA) is 134 Å². The highest BCUT2D eigenvalue weighted by atomic mass is 16.6. The van der Waals surface area contributed by atoms with E-state index < -0.39 is 27.8 Å². The quantitative estimate of drug-likeness (QED) is 0.476. The van der Waals surface area contributed by atoms with Crippen LogP contribution in [0.25, 0.3) is 0 Å². The van der Waals surface area contributed by atoms with E-state index in [2.05, 4.69) is 0 Å². The van der Waals surface area contributed by atoms with Gasteiger partial charge in [-0.1, -0.05) is 6.92 Å². The minimum atomic E-state index is -1.72. The van der Waals surface area contributed by atoms with Crippen LogP contribution in [0.1, 0.15) is 13.3 Å². The Morgan fingerprint density at radius 3 is 1.60 bits per heavy atom. The molecule has 0 saturated heterocycles. The van der Waals surface area contributed by atoms with Gasteiger partial charge >= 0.3 is 12.1 Å². The zero-order valence-corrected chi connectivity index (χ0v) is 7.86. The first-order chi connectivity index (χ1) is 6.99. The summed E-state index contributed by atoms with van der Waals surface area (Å²) >= 11 is 0. The van der Waals surface area contributed by atoms with E-state index in [0.29, 0.717) is 0 Å². The van der Waals surface area contributed by atoms with E-state index in [1.165, 1.54) is 19.1 Å². The summed E-state index contributed by atoms with van der Waals surface area (Å²) in [5.41, 5.74) is 0. The SMILES string of the molecule is CCC([C@@H](C#N)[N+](=O)[O-])[C@H](C#N)[N+](=O)[O-]. The van der Waals surface area contributed by atoms with Gasteiger partial charge in [-0.3, -0.25) is 20.2 Å². The third kappa shape index (κ3) is 2.88. The van der Waals surface area contributed by atoms with Crippen LogP contribution < -0.4 is 0 Å². The molecule has 0 heterocycles. The van der Waals surface area contributed by atoms with Gasteiger partial charge < -0.3 is 0 Å². The minimum Gasteiger partial charge on any atom is -0.263 e. The molecule has 0 aliphatic carbocycles. The molecule has 0 rings (SSSR count). The van der Waals surface area contributed by atoms with E-state index in [9.17, 15) is 20.2 Å². The van der Waals surface area contributed by atoms with Crippen molar-refractivity contribution in [3.05, 3.63) is 20.2 Å². The maximum atomic E-state index is 10.4. The van der Waals surface area contributed by atoms with Crippen LogP contribution in [0, 0.1) is 48.8 Å². The van der Waals surface area contributed by atoms with Crippen LogP contribution >= 0.6 is 0 Å². The predicted octanol–water partition coefficient (Wildman–Crippen LogP) is 0.350. The van der Waals surface area contributed by atoms with E-state index in [1.54, 1.807) is 0 Å². The van der Waals surface area contributed by atoms with Crippen molar-refractivity contribution in [3.63, 3.8) is 0 Å². The second-order valence-electron chi connectivity index (χ2n) is 2.79. The van der Waals surface area contributed by atoms with Crippen LogP contribution in [0.3, 0.4) is 0 Å². The Kier molecular flexibility index (Phi) is 4.68. The normalized spacial score (nSPS) is 15.4. The maximum absolute atomic E-state index is 10.4. The van der Waals surface area contributed by atoms with Gasteiger partial charge in [-0.25, -0.2) is 0 Å². The van der Waals surface area contributed by atoms with Gasteiger partial charge in [0.1, 0.15) is 18.1 Å². The molecule has 0 spiro atoms. The largest absolute Gasteiger partial charge is 0.307 e. The number of hydrogen-bond donors (Lipinski definition) is 0. The molecule has 3 atom stereocenters. The summed E-state index contributed by atoms with van der Waals surface area (Å²) in [4.78, 5) is 19.0. The van der Waals surface area contributed by atoms with Gasteiger partial charge in [0.05, 0.1) is 0 Å². The van der Waals surface area contributed by atoms with Gasteiger partial charge in [0, 0.05) is 9.85 Å². The molecule has 0 N–H and O–H groups in total. The lowest BCUT2D eigenvalue weighted by molar-refractivity contribution is -0.557. The number of nitriles is 2. The van der Waals surface area contributed by atoms with E-state index >= 15 is 0 Å². The molecule has 0 aliphatic heterocycles. The van der Waals surface area contributed by atoms with Gasteiger partial charge in [0.2, 0.25) is 0 Å². The number of rotatable bonds is 5. The van der Waals surface area contributed by atoms with Crippen LogP contribution in [0.2, 0.25) is 0 Å². The predicted molar refractivity (Wildman–Crippen MR) is 46.6 cm³/mol. The summed E-state index contributed by atoms with van der Waals surface area (Å²) in [5, 5.41) is 37.9. The van der Waals surface area contributed by atoms with Crippen molar-refractivity contribution in [1.29, 1.82) is 10.5 Å². The number of nitro groups is 2. The Hall–Kier alpha value is -2.22. The molecular weight excluding hydrogens is 204 g/mol. The molecule has 0 saturated carbocycles. The first-order valence-electron chi connectivity index (χ1n) is 4.05. The number of nitrogens with zero attached hydrogens (tertiary/aromatic N) is 4. The molecule has 0 fully saturated rings. The molecule has 0 bridgehead atoms. The third-order valence-corrected chi connectivity index (χ3v) is 2.00. The Morgan fingerprint density at radius 2 is 1.47 bits per heavy atom. The van der Waals surface area contributed by atoms with Gasteiger partial charge in [0.25, 0.3) is 0 Å². The van der Waals surface area contributed by atoms with Crippen LogP contribution in [0.15, 0.2) is 0 Å². The third-order valence-electron chi connectivity index (χ3n) is 2.00. The molecule has 0 aromatic heterocycles. The summed E-state index contributed by atoms with van der Waals surface area (Å²) in [6, 6.07) is -0.700. The second kappa shape index (κ2) is 5.50. The summed E-state index contributed by atoms with van der Waals surface area (Å²) in [7, 11) is 0. The van der Waals surface area contributed by atoms with Gasteiger partial charge in [-0.2, -0.15) is 10.5 Å². The average Bonchev–Trinajstić information content (AvgIpc) is 2.16. The fourth-order valence-electron chi connectivity index (χ4n) is 1.22. The Balaban J connectivity index is 5.06. The minimum absolute atomic E-state index is 0.0262. The van der Waals surface area contributed by atoms with E-state index in [0.717, 1.165) is 0 Å². The molecule has 1 unspecified atom stereocenters. The fraction of sp³-hybridized carbons (Fsp3) is 0.714. The highest BCUT2D eigenvalue weighted by Crippen LogP contribution is 2.17. The first kappa shape index (κ1) is 12.8. The molecule has 80 valence electrons. The molecule has 0 aromatic rings. The van der Waals surface area contributed by atoms with Crippen molar-refractivity contribution in [2.24, 2.45) is 5.92 Å². The monoisotopic (exact) mass is 212 g/mol. The lowest BCUT2D eigenvalue weighted by Crippen LogP contribution is -2.39. The number of hydrogen-bond acceptors (Lipinski definition) is 6. The second-order valence-corrected chi connectivity index (χ2v) is 2.79. The maximum Gasteiger partial charge on any atom is 0.307 e. The van der Waals surface area contributed by atoms with Crippen molar-refractivity contribution in [2.75, 3.05) is 0 Å². The molecule has 0 amide bonds. The van der Waals surface area contributed by atoms with Crippen molar-refractivity contribution >= 4 is 0 Å². The van der Waals surface area contributed by atoms with Crippen LogP contribution in [0.4, 0.5) is 0 Å². The van der Waals surface area contributed by atoms with E-state index in [4.69, 9.17) is 10.5 Å². The summed E-state index contributed by atoms with van der Waals surface area (Å²) in [6.07, 6.45) is 0.0262. The summed E-state index contributed by atoms with van der Waals surface area (Å²) in [5.74, 6) is -1.19. The molecule has 0 aromatic carbocycles. The summed E-state index contributed by atoms with van der Waals surface area (Å²) < 4.78 is 0. The van der Waals surface area contributed by atoms with Crippen molar-refractivity contribution in [2.45, 2.75) is 25.4 Å². The molecule has 0 aliphatic rings. The fourth-order valence-corrected chi connectivity index (χ4v) is 1.22. The van der Waals surface area contributed by atoms with E-state index in [1.807, 2.05) is 0 Å². The highest BCUT2D eigenvalue weighted by molar-refractivity contribution is 4.98. The lowest BCUT2D eigenvalue weighted by Gasteiger charge is -2.13. The lowest BCUT2D eigenvalue weighted by atomic mass is 9.91. The zero-order chi connectivity index (χ0) is 12.0. The Morgan fingerprint density at radius 1 is 1.13 bits per heavy atom. The van der Waals surface area contributed by atoms with Crippen LogP contribution in [-0.2, 0) is 0 Å².